The number of anilines is 1. The van der Waals surface area contributed by atoms with E-state index in [1.54, 1.807) is 12.4 Å². The third-order valence-corrected chi connectivity index (χ3v) is 2.14. The third kappa shape index (κ3) is 4.64. The summed E-state index contributed by atoms with van der Waals surface area (Å²) < 4.78 is 0. The van der Waals surface area contributed by atoms with E-state index in [0.29, 0.717) is 0 Å². The lowest BCUT2D eigenvalue weighted by Crippen LogP contribution is -2.01. The molecule has 3 heteroatoms. The Balaban J connectivity index is 0.000000686. The zero-order valence-electron chi connectivity index (χ0n) is 10.6. The van der Waals surface area contributed by atoms with Crippen molar-refractivity contribution in [1.29, 1.82) is 0 Å². The Morgan fingerprint density at radius 1 is 1.06 bits per heavy atom. The molecule has 2 heterocycles. The van der Waals surface area contributed by atoms with Crippen molar-refractivity contribution < 1.29 is 0 Å². The van der Waals surface area contributed by atoms with Gasteiger partial charge >= 0.3 is 0 Å². The number of pyridine rings is 2. The Morgan fingerprint density at radius 2 is 1.76 bits per heavy atom. The second-order valence-corrected chi connectivity index (χ2v) is 3.43. The molecule has 17 heavy (non-hydrogen) atoms. The Bertz CT molecular complexity index is 426. The van der Waals surface area contributed by atoms with Crippen LogP contribution in [0, 0.1) is 6.92 Å². The summed E-state index contributed by atoms with van der Waals surface area (Å²) in [6.45, 7) is 6.83. The summed E-state index contributed by atoms with van der Waals surface area (Å²) in [6, 6.07) is 7.99. The molecule has 1 N–H and O–H groups in total. The van der Waals surface area contributed by atoms with E-state index >= 15 is 0 Å². The summed E-state index contributed by atoms with van der Waals surface area (Å²) >= 11 is 0. The Morgan fingerprint density at radius 3 is 2.41 bits per heavy atom. The average molecular weight is 229 g/mol. The lowest BCUT2D eigenvalue weighted by atomic mass is 10.2. The summed E-state index contributed by atoms with van der Waals surface area (Å²) in [5.74, 6) is 0.909. The standard InChI is InChI=1S/C12H13N3.C2H6/c1-10-2-7-14-12(8-10)15-9-11-3-5-13-6-4-11;1-2/h2-8H,9H2,1H3,(H,14,15);1-2H3. The molecule has 2 aromatic rings. The fraction of sp³-hybridized carbons (Fsp3) is 0.286. The fourth-order valence-corrected chi connectivity index (χ4v) is 1.33. The van der Waals surface area contributed by atoms with Gasteiger partial charge in [-0.1, -0.05) is 13.8 Å². The van der Waals surface area contributed by atoms with E-state index < -0.39 is 0 Å². The van der Waals surface area contributed by atoms with Crippen LogP contribution in [0.5, 0.6) is 0 Å². The van der Waals surface area contributed by atoms with E-state index in [1.807, 2.05) is 44.3 Å². The topological polar surface area (TPSA) is 37.8 Å². The van der Waals surface area contributed by atoms with Crippen molar-refractivity contribution in [3.05, 3.63) is 54.0 Å². The highest BCUT2D eigenvalue weighted by Crippen LogP contribution is 2.07. The summed E-state index contributed by atoms with van der Waals surface area (Å²) in [6.07, 6.45) is 5.39. The maximum absolute atomic E-state index is 4.23. The molecule has 0 spiro atoms. The number of hydrogen-bond donors (Lipinski definition) is 1. The summed E-state index contributed by atoms with van der Waals surface area (Å²) in [7, 11) is 0. The van der Waals surface area contributed by atoms with Gasteiger partial charge < -0.3 is 5.32 Å². The molecule has 0 saturated heterocycles. The first-order valence-corrected chi connectivity index (χ1v) is 5.90. The Kier molecular flexibility index (Phi) is 5.72. The third-order valence-electron chi connectivity index (χ3n) is 2.14. The molecule has 0 aliphatic rings. The second kappa shape index (κ2) is 7.39. The van der Waals surface area contributed by atoms with Crippen molar-refractivity contribution in [1.82, 2.24) is 9.97 Å². The number of aryl methyl sites for hydroxylation is 1. The number of aromatic nitrogens is 2. The first kappa shape index (κ1) is 13.2. The van der Waals surface area contributed by atoms with Crippen molar-refractivity contribution in [2.45, 2.75) is 27.3 Å². The maximum atomic E-state index is 4.23. The summed E-state index contributed by atoms with van der Waals surface area (Å²) in [5, 5.41) is 3.26. The SMILES string of the molecule is CC.Cc1ccnc(NCc2ccncc2)c1. The van der Waals surface area contributed by atoms with Crippen LogP contribution in [0.15, 0.2) is 42.9 Å². The molecule has 0 aliphatic heterocycles. The van der Waals surface area contributed by atoms with Crippen molar-refractivity contribution in [3.63, 3.8) is 0 Å². The molecule has 0 aromatic carbocycles. The monoisotopic (exact) mass is 229 g/mol. The lowest BCUT2D eigenvalue weighted by Gasteiger charge is -2.05. The number of hydrogen-bond acceptors (Lipinski definition) is 3. The summed E-state index contributed by atoms with van der Waals surface area (Å²) in [5.41, 5.74) is 2.41. The van der Waals surface area contributed by atoms with Crippen LogP contribution in [-0.4, -0.2) is 9.97 Å². The van der Waals surface area contributed by atoms with Gasteiger partial charge in [0.05, 0.1) is 0 Å². The minimum Gasteiger partial charge on any atom is -0.366 e. The van der Waals surface area contributed by atoms with Crippen LogP contribution in [0.3, 0.4) is 0 Å². The van der Waals surface area contributed by atoms with Crippen LogP contribution >= 0.6 is 0 Å². The van der Waals surface area contributed by atoms with Crippen molar-refractivity contribution >= 4 is 5.82 Å². The fourth-order valence-electron chi connectivity index (χ4n) is 1.33. The van der Waals surface area contributed by atoms with Crippen LogP contribution in [0.2, 0.25) is 0 Å². The van der Waals surface area contributed by atoms with Gasteiger partial charge in [0, 0.05) is 25.1 Å². The molecule has 3 nitrogen and oxygen atoms in total. The zero-order chi connectivity index (χ0) is 12.5. The van der Waals surface area contributed by atoms with Crippen LogP contribution in [0.1, 0.15) is 25.0 Å². The quantitative estimate of drug-likeness (QED) is 0.876. The van der Waals surface area contributed by atoms with E-state index in [0.717, 1.165) is 12.4 Å². The molecular formula is C14H19N3. The van der Waals surface area contributed by atoms with E-state index in [-0.39, 0.29) is 0 Å². The van der Waals surface area contributed by atoms with Gasteiger partial charge in [-0.05, 0) is 42.3 Å². The molecule has 0 unspecified atom stereocenters. The summed E-state index contributed by atoms with van der Waals surface area (Å²) in [4.78, 5) is 8.20. The average Bonchev–Trinajstić information content (AvgIpc) is 2.40. The molecule has 0 radical (unpaired) electrons. The van der Waals surface area contributed by atoms with Crippen molar-refractivity contribution in [2.24, 2.45) is 0 Å². The van der Waals surface area contributed by atoms with Gasteiger partial charge in [-0.3, -0.25) is 4.98 Å². The van der Waals surface area contributed by atoms with E-state index in [9.17, 15) is 0 Å². The van der Waals surface area contributed by atoms with Gasteiger partial charge in [0.1, 0.15) is 5.82 Å². The van der Waals surface area contributed by atoms with Crippen molar-refractivity contribution in [3.8, 4) is 0 Å². The maximum Gasteiger partial charge on any atom is 0.126 e. The highest BCUT2D eigenvalue weighted by atomic mass is 15.0. The smallest absolute Gasteiger partial charge is 0.126 e. The number of nitrogens with zero attached hydrogens (tertiary/aromatic N) is 2. The molecule has 0 aliphatic carbocycles. The largest absolute Gasteiger partial charge is 0.366 e. The van der Waals surface area contributed by atoms with Gasteiger partial charge in [-0.2, -0.15) is 0 Å². The minimum absolute atomic E-state index is 0.777. The second-order valence-electron chi connectivity index (χ2n) is 3.43. The molecule has 2 aromatic heterocycles. The molecule has 0 bridgehead atoms. The molecule has 0 atom stereocenters. The highest BCUT2D eigenvalue weighted by Gasteiger charge is 1.94. The van der Waals surface area contributed by atoms with Crippen LogP contribution in [0.4, 0.5) is 5.82 Å². The first-order chi connectivity index (χ1) is 8.34. The van der Waals surface area contributed by atoms with Gasteiger partial charge in [0.2, 0.25) is 0 Å². The number of nitrogens with one attached hydrogen (secondary N) is 1. The molecule has 90 valence electrons. The van der Waals surface area contributed by atoms with Gasteiger partial charge in [-0.25, -0.2) is 4.98 Å². The first-order valence-electron chi connectivity index (χ1n) is 5.90. The van der Waals surface area contributed by atoms with Crippen LogP contribution < -0.4 is 5.32 Å². The lowest BCUT2D eigenvalue weighted by molar-refractivity contribution is 1.09. The molecule has 2 rings (SSSR count). The molecular weight excluding hydrogens is 210 g/mol. The van der Waals surface area contributed by atoms with E-state index in [1.165, 1.54) is 11.1 Å². The Hall–Kier alpha value is -1.90. The van der Waals surface area contributed by atoms with Gasteiger partial charge in [-0.15, -0.1) is 0 Å². The number of rotatable bonds is 3. The molecule has 0 saturated carbocycles. The highest BCUT2D eigenvalue weighted by molar-refractivity contribution is 5.37. The predicted molar refractivity (Wildman–Crippen MR) is 71.9 cm³/mol. The molecule has 0 fully saturated rings. The van der Waals surface area contributed by atoms with Crippen LogP contribution in [-0.2, 0) is 6.54 Å². The van der Waals surface area contributed by atoms with E-state index in [2.05, 4.69) is 22.2 Å². The normalized spacial score (nSPS) is 9.12. The van der Waals surface area contributed by atoms with E-state index in [4.69, 9.17) is 0 Å². The van der Waals surface area contributed by atoms with Gasteiger partial charge in [0.25, 0.3) is 0 Å². The zero-order valence-corrected chi connectivity index (χ0v) is 10.6. The van der Waals surface area contributed by atoms with Crippen LogP contribution in [0.25, 0.3) is 0 Å². The Labute approximate surface area is 103 Å². The van der Waals surface area contributed by atoms with Gasteiger partial charge in [0.15, 0.2) is 0 Å². The minimum atomic E-state index is 0.777. The van der Waals surface area contributed by atoms with Crippen molar-refractivity contribution in [2.75, 3.05) is 5.32 Å². The molecule has 0 amide bonds. The predicted octanol–water partition coefficient (Wildman–Crippen LogP) is 3.42.